The Morgan fingerprint density at radius 2 is 2.05 bits per heavy atom. The van der Waals surface area contributed by atoms with Crippen LogP contribution in [0.25, 0.3) is 0 Å². The summed E-state index contributed by atoms with van der Waals surface area (Å²) in [6.45, 7) is 8.55. The van der Waals surface area contributed by atoms with Crippen molar-refractivity contribution in [2.45, 2.75) is 59.4 Å². The summed E-state index contributed by atoms with van der Waals surface area (Å²) in [6.07, 6.45) is 4.70. The summed E-state index contributed by atoms with van der Waals surface area (Å²) >= 11 is 0. The molecule has 1 aromatic rings. The van der Waals surface area contributed by atoms with Gasteiger partial charge in [0.15, 0.2) is 5.69 Å². The van der Waals surface area contributed by atoms with Crippen molar-refractivity contribution in [1.82, 2.24) is 10.5 Å². The van der Waals surface area contributed by atoms with Crippen LogP contribution in [0, 0.1) is 18.3 Å². The van der Waals surface area contributed by atoms with Gasteiger partial charge >= 0.3 is 0 Å². The Bertz CT molecular complexity index is 445. The number of hydrogen-bond acceptors (Lipinski definition) is 3. The number of aryl methyl sites for hydroxylation is 1. The molecule has 1 aromatic heterocycles. The molecule has 0 spiro atoms. The van der Waals surface area contributed by atoms with Gasteiger partial charge in [-0.2, -0.15) is 0 Å². The molecule has 19 heavy (non-hydrogen) atoms. The number of hydrogen-bond donors (Lipinski definition) is 1. The zero-order valence-corrected chi connectivity index (χ0v) is 12.3. The quantitative estimate of drug-likeness (QED) is 0.891. The number of carbonyl (C=O) groups is 1. The van der Waals surface area contributed by atoms with Crippen LogP contribution in [0.1, 0.15) is 62.7 Å². The van der Waals surface area contributed by atoms with Crippen molar-refractivity contribution >= 4 is 5.91 Å². The van der Waals surface area contributed by atoms with Crippen LogP contribution >= 0.6 is 0 Å². The second-order valence-corrected chi connectivity index (χ2v) is 6.66. The molecule has 1 aliphatic carbocycles. The van der Waals surface area contributed by atoms with E-state index in [0.29, 0.717) is 17.4 Å². The van der Waals surface area contributed by atoms with E-state index in [2.05, 4.69) is 31.2 Å². The summed E-state index contributed by atoms with van der Waals surface area (Å²) in [5, 5.41) is 6.93. The fourth-order valence-electron chi connectivity index (χ4n) is 3.06. The van der Waals surface area contributed by atoms with Crippen molar-refractivity contribution in [2.75, 3.05) is 0 Å². The molecular formula is C15H24N2O2. The van der Waals surface area contributed by atoms with E-state index in [1.54, 1.807) is 13.0 Å². The molecular weight excluding hydrogens is 240 g/mol. The smallest absolute Gasteiger partial charge is 0.273 e. The zero-order valence-electron chi connectivity index (χ0n) is 12.3. The first-order chi connectivity index (χ1) is 8.88. The van der Waals surface area contributed by atoms with E-state index in [9.17, 15) is 4.79 Å². The predicted molar refractivity (Wildman–Crippen MR) is 73.9 cm³/mol. The van der Waals surface area contributed by atoms with E-state index in [4.69, 9.17) is 4.52 Å². The van der Waals surface area contributed by atoms with E-state index >= 15 is 0 Å². The molecule has 1 aliphatic rings. The maximum atomic E-state index is 12.2. The van der Waals surface area contributed by atoms with Crippen molar-refractivity contribution in [2.24, 2.45) is 11.3 Å². The van der Waals surface area contributed by atoms with E-state index in [1.807, 2.05) is 0 Å². The van der Waals surface area contributed by atoms with Crippen LogP contribution in [0.4, 0.5) is 0 Å². The molecule has 1 amide bonds. The van der Waals surface area contributed by atoms with Gasteiger partial charge in [0.1, 0.15) is 5.76 Å². The summed E-state index contributed by atoms with van der Waals surface area (Å²) in [5.41, 5.74) is 0.605. The highest BCUT2D eigenvalue weighted by Crippen LogP contribution is 2.38. The van der Waals surface area contributed by atoms with E-state index in [-0.39, 0.29) is 17.4 Å². The van der Waals surface area contributed by atoms with Crippen LogP contribution < -0.4 is 5.32 Å². The lowest BCUT2D eigenvalue weighted by Crippen LogP contribution is -2.46. The molecule has 1 N–H and O–H groups in total. The van der Waals surface area contributed by atoms with E-state index in [0.717, 1.165) is 6.42 Å². The molecule has 0 unspecified atom stereocenters. The Morgan fingerprint density at radius 3 is 2.63 bits per heavy atom. The highest BCUT2D eigenvalue weighted by Gasteiger charge is 2.35. The molecule has 0 aliphatic heterocycles. The minimum absolute atomic E-state index is 0.113. The van der Waals surface area contributed by atoms with Gasteiger partial charge in [-0.3, -0.25) is 4.79 Å². The lowest BCUT2D eigenvalue weighted by Gasteiger charge is -2.40. The Labute approximate surface area is 114 Å². The van der Waals surface area contributed by atoms with Gasteiger partial charge in [-0.25, -0.2) is 0 Å². The Hall–Kier alpha value is -1.32. The third-order valence-corrected chi connectivity index (χ3v) is 4.06. The second-order valence-electron chi connectivity index (χ2n) is 6.66. The molecule has 1 fully saturated rings. The highest BCUT2D eigenvalue weighted by atomic mass is 16.5. The van der Waals surface area contributed by atoms with Crippen LogP contribution in [-0.4, -0.2) is 17.1 Å². The van der Waals surface area contributed by atoms with Crippen LogP contribution in [0.15, 0.2) is 10.6 Å². The lowest BCUT2D eigenvalue weighted by atomic mass is 9.69. The Balaban J connectivity index is 2.05. The van der Waals surface area contributed by atoms with Gasteiger partial charge in [0.25, 0.3) is 5.91 Å². The molecule has 2 rings (SSSR count). The third-order valence-electron chi connectivity index (χ3n) is 4.06. The number of nitrogens with zero attached hydrogens (tertiary/aromatic N) is 1. The summed E-state index contributed by atoms with van der Waals surface area (Å²) in [4.78, 5) is 12.2. The first-order valence-electron chi connectivity index (χ1n) is 7.12. The second kappa shape index (κ2) is 5.35. The molecule has 0 saturated heterocycles. The molecule has 4 heteroatoms. The van der Waals surface area contributed by atoms with E-state index < -0.39 is 0 Å². The van der Waals surface area contributed by atoms with Gasteiger partial charge in [0.2, 0.25) is 0 Å². The first kappa shape index (κ1) is 14.1. The predicted octanol–water partition coefficient (Wildman–Crippen LogP) is 3.32. The average molecular weight is 264 g/mol. The fraction of sp³-hybridized carbons (Fsp3) is 0.733. The van der Waals surface area contributed by atoms with Crippen molar-refractivity contribution in [3.63, 3.8) is 0 Å². The highest BCUT2D eigenvalue weighted by molar-refractivity contribution is 5.92. The summed E-state index contributed by atoms with van der Waals surface area (Å²) in [6, 6.07) is 1.93. The van der Waals surface area contributed by atoms with Gasteiger partial charge in [-0.05, 0) is 31.1 Å². The molecule has 4 nitrogen and oxygen atoms in total. The SMILES string of the molecule is Cc1cc(C(=O)N[C@H]2CCCC[C@@H]2C(C)(C)C)no1. The fourth-order valence-corrected chi connectivity index (χ4v) is 3.06. The van der Waals surface area contributed by atoms with Gasteiger partial charge < -0.3 is 9.84 Å². The molecule has 0 bridgehead atoms. The molecule has 0 aromatic carbocycles. The molecule has 1 saturated carbocycles. The standard InChI is InChI=1S/C15H24N2O2/c1-10-9-13(17-19-10)14(18)16-12-8-6-5-7-11(12)15(2,3)4/h9,11-12H,5-8H2,1-4H3,(H,16,18)/t11-,12-/m0/s1. The topological polar surface area (TPSA) is 55.1 Å². The largest absolute Gasteiger partial charge is 0.361 e. The summed E-state index contributed by atoms with van der Waals surface area (Å²) < 4.78 is 4.96. The summed E-state index contributed by atoms with van der Waals surface area (Å²) in [5.74, 6) is 1.08. The Kier molecular flexibility index (Phi) is 3.97. The maximum Gasteiger partial charge on any atom is 0.273 e. The molecule has 2 atom stereocenters. The average Bonchev–Trinajstić information content (AvgIpc) is 2.75. The number of nitrogens with one attached hydrogen (secondary N) is 1. The van der Waals surface area contributed by atoms with Crippen molar-refractivity contribution < 1.29 is 9.32 Å². The Morgan fingerprint density at radius 1 is 1.37 bits per heavy atom. The van der Waals surface area contributed by atoms with Crippen LogP contribution in [0.5, 0.6) is 0 Å². The molecule has 0 radical (unpaired) electrons. The molecule has 1 heterocycles. The number of rotatable bonds is 2. The van der Waals surface area contributed by atoms with Gasteiger partial charge in [0, 0.05) is 12.1 Å². The van der Waals surface area contributed by atoms with Crippen LogP contribution in [-0.2, 0) is 0 Å². The minimum Gasteiger partial charge on any atom is -0.361 e. The zero-order chi connectivity index (χ0) is 14.0. The van der Waals surface area contributed by atoms with Crippen LogP contribution in [0.3, 0.4) is 0 Å². The van der Waals surface area contributed by atoms with Crippen molar-refractivity contribution in [3.05, 3.63) is 17.5 Å². The monoisotopic (exact) mass is 264 g/mol. The number of amides is 1. The molecule has 106 valence electrons. The minimum atomic E-state index is -0.113. The van der Waals surface area contributed by atoms with Crippen LogP contribution in [0.2, 0.25) is 0 Å². The van der Waals surface area contributed by atoms with Crippen molar-refractivity contribution in [3.8, 4) is 0 Å². The van der Waals surface area contributed by atoms with Gasteiger partial charge in [-0.15, -0.1) is 0 Å². The number of carbonyl (C=O) groups excluding carboxylic acids is 1. The first-order valence-corrected chi connectivity index (χ1v) is 7.12. The van der Waals surface area contributed by atoms with E-state index in [1.165, 1.54) is 19.3 Å². The third kappa shape index (κ3) is 3.37. The maximum absolute atomic E-state index is 12.2. The summed E-state index contributed by atoms with van der Waals surface area (Å²) in [7, 11) is 0. The number of aromatic nitrogens is 1. The van der Waals surface area contributed by atoms with Crippen molar-refractivity contribution in [1.29, 1.82) is 0 Å². The lowest BCUT2D eigenvalue weighted by molar-refractivity contribution is 0.0821. The normalized spacial score (nSPS) is 24.2. The van der Waals surface area contributed by atoms with Gasteiger partial charge in [0.05, 0.1) is 0 Å². The van der Waals surface area contributed by atoms with Gasteiger partial charge in [-0.1, -0.05) is 38.8 Å².